The number of benzene rings is 2. The summed E-state index contributed by atoms with van der Waals surface area (Å²) in [6.07, 6.45) is -9.87. The molecule has 2 aliphatic heterocycles. The van der Waals surface area contributed by atoms with Gasteiger partial charge < -0.3 is 63.8 Å². The number of ether oxygens (including phenoxy) is 5. The summed E-state index contributed by atoms with van der Waals surface area (Å²) < 4.78 is 33.0. The topological polar surface area (TPSA) is 218 Å². The third-order valence-corrected chi connectivity index (χ3v) is 7.18. The SMILES string of the molecule is COc1ccc(-c2coc3cc(O[C@@H]4O[C@H](CO)[C@@H](O)[C@H](O)[C@H]4O[C@@H]4OC[C@](O)(CO)[C@H]4O)cc(O)c3c2=O)cc1. The van der Waals surface area contributed by atoms with E-state index in [4.69, 9.17) is 28.1 Å². The zero-order valence-corrected chi connectivity index (χ0v) is 21.7. The van der Waals surface area contributed by atoms with Crippen LogP contribution in [0.3, 0.4) is 0 Å². The van der Waals surface area contributed by atoms with E-state index in [0.717, 1.165) is 6.07 Å². The van der Waals surface area contributed by atoms with Crippen LogP contribution in [0.15, 0.2) is 51.9 Å². The van der Waals surface area contributed by atoms with E-state index < -0.39 is 79.7 Å². The van der Waals surface area contributed by atoms with Crippen molar-refractivity contribution in [3.05, 3.63) is 52.9 Å². The Bertz CT molecular complexity index is 1420. The van der Waals surface area contributed by atoms with Crippen LogP contribution >= 0.6 is 0 Å². The van der Waals surface area contributed by atoms with Gasteiger partial charge in [0.2, 0.25) is 11.7 Å². The molecule has 1 aromatic heterocycles. The first-order valence-electron chi connectivity index (χ1n) is 12.6. The molecule has 41 heavy (non-hydrogen) atoms. The van der Waals surface area contributed by atoms with Crippen molar-refractivity contribution in [1.29, 1.82) is 0 Å². The van der Waals surface area contributed by atoms with Crippen LogP contribution in [0.5, 0.6) is 17.2 Å². The highest BCUT2D eigenvalue weighted by Gasteiger charge is 2.53. The first kappa shape index (κ1) is 29.2. The van der Waals surface area contributed by atoms with Crippen molar-refractivity contribution >= 4 is 11.0 Å². The van der Waals surface area contributed by atoms with E-state index in [1.54, 1.807) is 24.3 Å². The molecule has 0 unspecified atom stereocenters. The molecule has 2 fully saturated rings. The molecule has 14 nitrogen and oxygen atoms in total. The van der Waals surface area contributed by atoms with E-state index in [0.29, 0.717) is 11.3 Å². The highest BCUT2D eigenvalue weighted by Crippen LogP contribution is 2.35. The number of aliphatic hydroxyl groups is 6. The van der Waals surface area contributed by atoms with E-state index >= 15 is 0 Å². The largest absolute Gasteiger partial charge is 0.507 e. The second kappa shape index (κ2) is 11.5. The Kier molecular flexibility index (Phi) is 8.20. The third kappa shape index (κ3) is 5.37. The first-order chi connectivity index (χ1) is 19.6. The molecule has 3 heterocycles. The maximum atomic E-state index is 13.2. The summed E-state index contributed by atoms with van der Waals surface area (Å²) >= 11 is 0. The van der Waals surface area contributed by atoms with E-state index in [2.05, 4.69) is 0 Å². The van der Waals surface area contributed by atoms with E-state index in [-0.39, 0.29) is 22.3 Å². The fraction of sp³-hybridized carbons (Fsp3) is 0.444. The molecule has 7 N–H and O–H groups in total. The number of methoxy groups -OCH3 is 1. The van der Waals surface area contributed by atoms with E-state index in [9.17, 15) is 40.5 Å². The Morgan fingerprint density at radius 1 is 1.02 bits per heavy atom. The van der Waals surface area contributed by atoms with Gasteiger partial charge in [-0.1, -0.05) is 12.1 Å². The highest BCUT2D eigenvalue weighted by atomic mass is 16.8. The maximum absolute atomic E-state index is 13.2. The van der Waals surface area contributed by atoms with Crippen molar-refractivity contribution in [2.24, 2.45) is 0 Å². The Balaban J connectivity index is 1.44. The summed E-state index contributed by atoms with van der Waals surface area (Å²) in [4.78, 5) is 13.2. The Labute approximate surface area is 232 Å². The molecule has 0 radical (unpaired) electrons. The van der Waals surface area contributed by atoms with Crippen LogP contribution < -0.4 is 14.9 Å². The highest BCUT2D eigenvalue weighted by molar-refractivity contribution is 5.88. The lowest BCUT2D eigenvalue weighted by Crippen LogP contribution is -2.62. The number of phenolic OH excluding ortho intramolecular Hbond substituents is 1. The number of rotatable bonds is 8. The number of hydrogen-bond donors (Lipinski definition) is 7. The van der Waals surface area contributed by atoms with Gasteiger partial charge in [0, 0.05) is 12.1 Å². The molecule has 0 spiro atoms. The van der Waals surface area contributed by atoms with Crippen LogP contribution in [-0.4, -0.2) is 111 Å². The number of aromatic hydroxyl groups is 1. The van der Waals surface area contributed by atoms with Crippen LogP contribution in [-0.2, 0) is 14.2 Å². The molecule has 0 amide bonds. The normalized spacial score (nSPS) is 31.8. The molecule has 8 atom stereocenters. The predicted octanol–water partition coefficient (Wildman–Crippen LogP) is -1.18. The maximum Gasteiger partial charge on any atom is 0.229 e. The summed E-state index contributed by atoms with van der Waals surface area (Å²) in [6, 6.07) is 9.05. The smallest absolute Gasteiger partial charge is 0.229 e. The average molecular weight is 579 g/mol. The molecule has 0 saturated carbocycles. The molecule has 0 aliphatic carbocycles. The predicted molar refractivity (Wildman–Crippen MR) is 137 cm³/mol. The molecule has 0 bridgehead atoms. The second-order valence-electron chi connectivity index (χ2n) is 9.83. The molecule has 2 saturated heterocycles. The monoisotopic (exact) mass is 578 g/mol. The van der Waals surface area contributed by atoms with Gasteiger partial charge in [-0.15, -0.1) is 0 Å². The van der Waals surface area contributed by atoms with Crippen LogP contribution in [0, 0.1) is 0 Å². The Morgan fingerprint density at radius 2 is 1.76 bits per heavy atom. The van der Waals surface area contributed by atoms with Crippen molar-refractivity contribution in [3.63, 3.8) is 0 Å². The van der Waals surface area contributed by atoms with Gasteiger partial charge in [-0.2, -0.15) is 0 Å². The van der Waals surface area contributed by atoms with Gasteiger partial charge in [-0.05, 0) is 17.7 Å². The van der Waals surface area contributed by atoms with Gasteiger partial charge in [-0.25, -0.2) is 0 Å². The Morgan fingerprint density at radius 3 is 2.39 bits per heavy atom. The Hall–Kier alpha value is -3.31. The van der Waals surface area contributed by atoms with Crippen LogP contribution in [0.2, 0.25) is 0 Å². The number of phenols is 1. The van der Waals surface area contributed by atoms with Crippen molar-refractivity contribution < 1.29 is 63.8 Å². The number of aliphatic hydroxyl groups excluding tert-OH is 5. The van der Waals surface area contributed by atoms with Crippen molar-refractivity contribution in [3.8, 4) is 28.4 Å². The second-order valence-corrected chi connectivity index (χ2v) is 9.83. The number of hydrogen-bond acceptors (Lipinski definition) is 14. The number of fused-ring (bicyclic) bond motifs is 1. The fourth-order valence-corrected chi connectivity index (χ4v) is 4.74. The first-order valence-corrected chi connectivity index (χ1v) is 12.6. The van der Waals surface area contributed by atoms with Gasteiger partial charge in [0.1, 0.15) is 64.5 Å². The van der Waals surface area contributed by atoms with Gasteiger partial charge in [0.25, 0.3) is 0 Å². The molecule has 2 aromatic carbocycles. The summed E-state index contributed by atoms with van der Waals surface area (Å²) in [5, 5.41) is 71.4. The lowest BCUT2D eigenvalue weighted by Gasteiger charge is -2.42. The van der Waals surface area contributed by atoms with Crippen molar-refractivity contribution in [2.75, 3.05) is 26.9 Å². The molecule has 3 aromatic rings. The lowest BCUT2D eigenvalue weighted by atomic mass is 9.98. The summed E-state index contributed by atoms with van der Waals surface area (Å²) in [5.41, 5.74) is -1.87. The lowest BCUT2D eigenvalue weighted by molar-refractivity contribution is -0.318. The van der Waals surface area contributed by atoms with E-state index in [1.807, 2.05) is 0 Å². The van der Waals surface area contributed by atoms with Crippen LogP contribution in [0.4, 0.5) is 0 Å². The fourth-order valence-electron chi connectivity index (χ4n) is 4.74. The van der Waals surface area contributed by atoms with Crippen LogP contribution in [0.25, 0.3) is 22.1 Å². The quantitative estimate of drug-likeness (QED) is 0.167. The zero-order valence-electron chi connectivity index (χ0n) is 21.7. The van der Waals surface area contributed by atoms with Gasteiger partial charge in [0.05, 0.1) is 32.5 Å². The van der Waals surface area contributed by atoms with Gasteiger partial charge in [-0.3, -0.25) is 4.79 Å². The summed E-state index contributed by atoms with van der Waals surface area (Å²) in [5.74, 6) is 0.000608. The van der Waals surface area contributed by atoms with Gasteiger partial charge >= 0.3 is 0 Å². The third-order valence-electron chi connectivity index (χ3n) is 7.18. The summed E-state index contributed by atoms with van der Waals surface area (Å²) in [6.45, 7) is -2.03. The van der Waals surface area contributed by atoms with Crippen molar-refractivity contribution in [1.82, 2.24) is 0 Å². The van der Waals surface area contributed by atoms with E-state index in [1.165, 1.54) is 19.4 Å². The molecule has 222 valence electrons. The minimum atomic E-state index is -2.03. The molecular formula is C27H30O14. The van der Waals surface area contributed by atoms with Crippen molar-refractivity contribution in [2.45, 2.75) is 48.7 Å². The molecule has 2 aliphatic rings. The van der Waals surface area contributed by atoms with Gasteiger partial charge in [0.15, 0.2) is 12.4 Å². The zero-order chi connectivity index (χ0) is 29.5. The minimum absolute atomic E-state index is 0.0441. The molecule has 5 rings (SSSR count). The average Bonchev–Trinajstić information content (AvgIpc) is 3.26. The molecular weight excluding hydrogens is 548 g/mol. The van der Waals surface area contributed by atoms with Crippen LogP contribution in [0.1, 0.15) is 0 Å². The summed E-state index contributed by atoms with van der Waals surface area (Å²) in [7, 11) is 1.51. The minimum Gasteiger partial charge on any atom is -0.507 e. The molecule has 14 heteroatoms. The standard InChI is InChI=1S/C27H30O14/c1-36-13-4-2-12(3-5-13)15-9-37-17-7-14(6-16(30)19(17)20(15)31)39-25-23(22(33)21(32)18(8-28)40-25)41-26-24(34)27(35,10-29)11-38-26/h2-7,9,18,21-26,28-30,32-35H,8,10-11H2,1H3/t18-,21-,22+,23-,24+,25-,26+,27-/m1/s1.